The maximum Gasteiger partial charge on any atom is 0.218 e. The van der Waals surface area contributed by atoms with Crippen molar-refractivity contribution < 1.29 is 5.11 Å². The van der Waals surface area contributed by atoms with Gasteiger partial charge in [-0.05, 0) is 35.7 Å². The Bertz CT molecular complexity index is 788. The summed E-state index contributed by atoms with van der Waals surface area (Å²) in [7, 11) is 0. The summed E-state index contributed by atoms with van der Waals surface area (Å²) in [5.41, 5.74) is 3.30. The lowest BCUT2D eigenvalue weighted by Crippen LogP contribution is -1.85. The molecule has 0 saturated heterocycles. The van der Waals surface area contributed by atoms with E-state index in [2.05, 4.69) is 41.2 Å². The van der Waals surface area contributed by atoms with Crippen molar-refractivity contribution in [3.8, 4) is 5.88 Å². The van der Waals surface area contributed by atoms with Crippen LogP contribution >= 0.6 is 0 Å². The van der Waals surface area contributed by atoms with Crippen LogP contribution in [0.2, 0.25) is 0 Å². The van der Waals surface area contributed by atoms with Gasteiger partial charge in [0.15, 0.2) is 5.69 Å². The average Bonchev–Trinajstić information content (AvgIpc) is 2.80. The number of fused-ring (bicyclic) bond motifs is 1. The lowest BCUT2D eigenvalue weighted by Gasteiger charge is -2.04. The molecule has 0 amide bonds. The molecule has 0 aliphatic carbocycles. The first-order valence-electron chi connectivity index (χ1n) is 6.96. The topological polar surface area (TPSA) is 60.7 Å². The molecule has 1 heterocycles. The highest BCUT2D eigenvalue weighted by atomic mass is 16.3. The predicted molar refractivity (Wildman–Crippen MR) is 84.7 cm³/mol. The highest BCUT2D eigenvalue weighted by molar-refractivity contribution is 5.94. The molecule has 3 rings (SSSR count). The minimum atomic E-state index is 0.0468. The van der Waals surface area contributed by atoms with E-state index in [0.717, 1.165) is 16.6 Å². The Morgan fingerprint density at radius 2 is 1.76 bits per heavy atom. The Morgan fingerprint density at radius 1 is 1.00 bits per heavy atom. The number of hydrogen-bond acceptors (Lipinski definition) is 3. The molecule has 0 unspecified atom stereocenters. The minimum Gasteiger partial charge on any atom is -0.493 e. The molecule has 0 bridgehead atoms. The van der Waals surface area contributed by atoms with Crippen molar-refractivity contribution in [2.75, 3.05) is 0 Å². The molecule has 0 atom stereocenters. The molecular weight excluding hydrogens is 262 g/mol. The molecule has 1 aromatic heterocycles. The van der Waals surface area contributed by atoms with Crippen molar-refractivity contribution in [3.63, 3.8) is 0 Å². The van der Waals surface area contributed by atoms with Crippen LogP contribution in [0.5, 0.6) is 5.88 Å². The van der Waals surface area contributed by atoms with E-state index in [0.29, 0.717) is 11.6 Å². The molecule has 0 fully saturated rings. The smallest absolute Gasteiger partial charge is 0.218 e. The van der Waals surface area contributed by atoms with Crippen LogP contribution in [0.25, 0.3) is 10.9 Å². The first kappa shape index (κ1) is 13.4. The van der Waals surface area contributed by atoms with E-state index in [1.54, 1.807) is 0 Å². The van der Waals surface area contributed by atoms with E-state index in [1.807, 2.05) is 36.4 Å². The molecule has 4 nitrogen and oxygen atoms in total. The number of benzene rings is 2. The number of H-pyrrole nitrogens is 1. The maximum absolute atomic E-state index is 10.0. The number of aromatic nitrogens is 1. The van der Waals surface area contributed by atoms with Crippen LogP contribution < -0.4 is 0 Å². The molecular formula is C17H17N3O. The first-order chi connectivity index (χ1) is 10.1. The van der Waals surface area contributed by atoms with Crippen molar-refractivity contribution in [3.05, 3.63) is 54.1 Å². The first-order valence-corrected chi connectivity index (χ1v) is 6.96. The van der Waals surface area contributed by atoms with Crippen LogP contribution in [-0.2, 0) is 0 Å². The fraction of sp³-hybridized carbons (Fsp3) is 0.176. The normalized spacial score (nSPS) is 11.8. The quantitative estimate of drug-likeness (QED) is 0.618. The van der Waals surface area contributed by atoms with Gasteiger partial charge in [0.25, 0.3) is 0 Å². The van der Waals surface area contributed by atoms with Gasteiger partial charge in [-0.15, -0.1) is 5.11 Å². The fourth-order valence-corrected chi connectivity index (χ4v) is 2.24. The molecule has 21 heavy (non-hydrogen) atoms. The zero-order chi connectivity index (χ0) is 14.8. The van der Waals surface area contributed by atoms with Crippen LogP contribution in [0.15, 0.2) is 58.8 Å². The summed E-state index contributed by atoms with van der Waals surface area (Å²) in [6.45, 7) is 4.28. The molecule has 0 saturated carbocycles. The van der Waals surface area contributed by atoms with E-state index in [-0.39, 0.29) is 5.88 Å². The van der Waals surface area contributed by atoms with Crippen molar-refractivity contribution in [1.82, 2.24) is 4.98 Å². The molecule has 4 heteroatoms. The molecule has 0 spiro atoms. The summed E-state index contributed by atoms with van der Waals surface area (Å²) in [6, 6.07) is 15.5. The number of azo groups is 1. The minimum absolute atomic E-state index is 0.0468. The van der Waals surface area contributed by atoms with Crippen LogP contribution in [0, 0.1) is 0 Å². The Balaban J connectivity index is 2.07. The number of aromatic hydroxyl groups is 1. The molecule has 0 aliphatic heterocycles. The second-order valence-corrected chi connectivity index (χ2v) is 5.32. The average molecular weight is 279 g/mol. The highest BCUT2D eigenvalue weighted by Gasteiger charge is 2.12. The molecule has 0 radical (unpaired) electrons. The van der Waals surface area contributed by atoms with E-state index in [4.69, 9.17) is 0 Å². The number of nitrogens with zero attached hydrogens (tertiary/aromatic N) is 2. The fourth-order valence-electron chi connectivity index (χ4n) is 2.24. The summed E-state index contributed by atoms with van der Waals surface area (Å²) < 4.78 is 0. The van der Waals surface area contributed by atoms with Crippen molar-refractivity contribution >= 4 is 22.3 Å². The highest BCUT2D eigenvalue weighted by Crippen LogP contribution is 2.37. The number of nitrogens with one attached hydrogen (secondary N) is 1. The number of rotatable bonds is 3. The van der Waals surface area contributed by atoms with Gasteiger partial charge in [0.1, 0.15) is 0 Å². The lowest BCUT2D eigenvalue weighted by atomic mass is 10.0. The third-order valence-electron chi connectivity index (χ3n) is 3.46. The van der Waals surface area contributed by atoms with Gasteiger partial charge >= 0.3 is 0 Å². The SMILES string of the molecule is CC(C)c1ccc2[nH]c(O)c(N=Nc3ccccc3)c2c1. The summed E-state index contributed by atoms with van der Waals surface area (Å²) in [6.07, 6.45) is 0. The summed E-state index contributed by atoms with van der Waals surface area (Å²) in [5.74, 6) is 0.468. The Morgan fingerprint density at radius 3 is 2.48 bits per heavy atom. The van der Waals surface area contributed by atoms with Crippen LogP contribution in [0.4, 0.5) is 11.4 Å². The molecule has 3 aromatic rings. The Hall–Kier alpha value is -2.62. The monoisotopic (exact) mass is 279 g/mol. The second kappa shape index (κ2) is 5.40. The van der Waals surface area contributed by atoms with Gasteiger partial charge < -0.3 is 10.1 Å². The van der Waals surface area contributed by atoms with Gasteiger partial charge in [0.05, 0.1) is 11.2 Å². The second-order valence-electron chi connectivity index (χ2n) is 5.32. The Kier molecular flexibility index (Phi) is 3.44. The van der Waals surface area contributed by atoms with Crippen LogP contribution in [0.1, 0.15) is 25.3 Å². The van der Waals surface area contributed by atoms with E-state index in [1.165, 1.54) is 5.56 Å². The molecule has 2 N–H and O–H groups in total. The van der Waals surface area contributed by atoms with Gasteiger partial charge in [-0.2, -0.15) is 5.11 Å². The van der Waals surface area contributed by atoms with Gasteiger partial charge in [0, 0.05) is 5.39 Å². The van der Waals surface area contributed by atoms with E-state index >= 15 is 0 Å². The summed E-state index contributed by atoms with van der Waals surface area (Å²) in [5, 5.41) is 19.3. The summed E-state index contributed by atoms with van der Waals surface area (Å²) in [4.78, 5) is 2.93. The zero-order valence-electron chi connectivity index (χ0n) is 12.0. The van der Waals surface area contributed by atoms with Crippen molar-refractivity contribution in [2.45, 2.75) is 19.8 Å². The van der Waals surface area contributed by atoms with Crippen LogP contribution in [0.3, 0.4) is 0 Å². The zero-order valence-corrected chi connectivity index (χ0v) is 12.0. The van der Waals surface area contributed by atoms with Gasteiger partial charge in [-0.1, -0.05) is 38.1 Å². The van der Waals surface area contributed by atoms with Gasteiger partial charge in [-0.25, -0.2) is 0 Å². The number of aromatic amines is 1. The summed E-state index contributed by atoms with van der Waals surface area (Å²) >= 11 is 0. The molecule has 0 aliphatic rings. The Labute approximate surface area is 123 Å². The van der Waals surface area contributed by atoms with Crippen molar-refractivity contribution in [1.29, 1.82) is 0 Å². The largest absolute Gasteiger partial charge is 0.493 e. The maximum atomic E-state index is 10.0. The lowest BCUT2D eigenvalue weighted by molar-refractivity contribution is 0.459. The van der Waals surface area contributed by atoms with Crippen molar-refractivity contribution in [2.24, 2.45) is 10.2 Å². The molecule has 2 aromatic carbocycles. The van der Waals surface area contributed by atoms with Gasteiger partial charge in [-0.3, -0.25) is 0 Å². The van der Waals surface area contributed by atoms with E-state index < -0.39 is 0 Å². The number of hydrogen-bond donors (Lipinski definition) is 2. The third kappa shape index (κ3) is 2.65. The third-order valence-corrected chi connectivity index (χ3v) is 3.46. The van der Waals surface area contributed by atoms with Gasteiger partial charge in [0.2, 0.25) is 5.88 Å². The van der Waals surface area contributed by atoms with E-state index in [9.17, 15) is 5.11 Å². The molecule has 106 valence electrons. The predicted octanol–water partition coefficient (Wildman–Crippen LogP) is 5.41. The standard InChI is InChI=1S/C17H17N3O/c1-11(2)12-8-9-15-14(10-12)16(17(21)18-15)20-19-13-6-4-3-5-7-13/h3-11,18,21H,1-2H3. The van der Waals surface area contributed by atoms with Crippen LogP contribution in [-0.4, -0.2) is 10.1 Å².